The molecule has 0 spiro atoms. The van der Waals surface area contributed by atoms with Crippen LogP contribution < -0.4 is 5.32 Å². The highest BCUT2D eigenvalue weighted by molar-refractivity contribution is 6.31. The third kappa shape index (κ3) is 1.65. The van der Waals surface area contributed by atoms with Crippen LogP contribution in [0.4, 0.5) is 9.18 Å². The lowest BCUT2D eigenvalue weighted by Crippen LogP contribution is -2.18. The first-order valence-electron chi connectivity index (χ1n) is 4.05. The van der Waals surface area contributed by atoms with E-state index in [4.69, 9.17) is 11.6 Å². The van der Waals surface area contributed by atoms with Crippen molar-refractivity contribution in [2.75, 3.05) is 6.61 Å². The summed E-state index contributed by atoms with van der Waals surface area (Å²) in [5, 5.41) is 2.94. The van der Waals surface area contributed by atoms with Crippen molar-refractivity contribution in [2.45, 2.75) is 6.04 Å². The molecule has 1 heterocycles. The summed E-state index contributed by atoms with van der Waals surface area (Å²) in [5.41, 5.74) is 0.539. The first-order valence-corrected chi connectivity index (χ1v) is 4.43. The monoisotopic (exact) mass is 215 g/mol. The van der Waals surface area contributed by atoms with Gasteiger partial charge in [0.1, 0.15) is 12.4 Å². The Bertz CT molecular complexity index is 383. The van der Waals surface area contributed by atoms with Gasteiger partial charge in [-0.05, 0) is 23.8 Å². The second kappa shape index (κ2) is 3.46. The van der Waals surface area contributed by atoms with Gasteiger partial charge in [0.15, 0.2) is 0 Å². The standard InChI is InChI=1S/C9H7ClFNO2/c10-7-2-1-5(11)3-6(7)8-4-14-9(13)12-8/h1-3,8H,4H2,(H,12,13)/t8-/m0/s1. The molecule has 2 rings (SSSR count). The second-order valence-corrected chi connectivity index (χ2v) is 3.37. The van der Waals surface area contributed by atoms with Gasteiger partial charge in [-0.3, -0.25) is 0 Å². The molecule has 0 aromatic heterocycles. The van der Waals surface area contributed by atoms with Crippen molar-refractivity contribution in [1.82, 2.24) is 5.32 Å². The van der Waals surface area contributed by atoms with Crippen molar-refractivity contribution in [3.8, 4) is 0 Å². The van der Waals surface area contributed by atoms with E-state index in [0.717, 1.165) is 0 Å². The average molecular weight is 216 g/mol. The van der Waals surface area contributed by atoms with Crippen LogP contribution >= 0.6 is 11.6 Å². The molecule has 1 aromatic carbocycles. The number of carbonyl (C=O) groups excluding carboxylic acids is 1. The van der Waals surface area contributed by atoms with Crippen LogP contribution in [0.15, 0.2) is 18.2 Å². The molecule has 1 N–H and O–H groups in total. The SMILES string of the molecule is O=C1N[C@H](c2cc(F)ccc2Cl)CO1. The summed E-state index contributed by atoms with van der Waals surface area (Å²) in [4.78, 5) is 10.8. The molecule has 1 fully saturated rings. The summed E-state index contributed by atoms with van der Waals surface area (Å²) >= 11 is 5.85. The van der Waals surface area contributed by atoms with E-state index in [1.54, 1.807) is 0 Å². The fraction of sp³-hybridized carbons (Fsp3) is 0.222. The zero-order valence-corrected chi connectivity index (χ0v) is 7.84. The lowest BCUT2D eigenvalue weighted by atomic mass is 10.1. The quantitative estimate of drug-likeness (QED) is 0.781. The zero-order chi connectivity index (χ0) is 10.1. The van der Waals surface area contributed by atoms with Gasteiger partial charge in [0.2, 0.25) is 0 Å². The number of ether oxygens (including phenoxy) is 1. The predicted octanol–water partition coefficient (Wildman–Crippen LogP) is 2.26. The largest absolute Gasteiger partial charge is 0.447 e. The van der Waals surface area contributed by atoms with Crippen LogP contribution in [-0.2, 0) is 4.74 Å². The lowest BCUT2D eigenvalue weighted by Gasteiger charge is -2.09. The minimum absolute atomic E-state index is 0.183. The molecule has 1 atom stereocenters. The van der Waals surface area contributed by atoms with Crippen LogP contribution in [0.2, 0.25) is 5.02 Å². The van der Waals surface area contributed by atoms with E-state index in [2.05, 4.69) is 10.1 Å². The van der Waals surface area contributed by atoms with Gasteiger partial charge in [0.25, 0.3) is 0 Å². The normalized spacial score (nSPS) is 20.4. The summed E-state index contributed by atoms with van der Waals surface area (Å²) in [5.74, 6) is -0.384. The first-order chi connectivity index (χ1) is 6.66. The molecule has 74 valence electrons. The van der Waals surface area contributed by atoms with Crippen LogP contribution in [0.25, 0.3) is 0 Å². The molecule has 0 unspecified atom stereocenters. The highest BCUT2D eigenvalue weighted by atomic mass is 35.5. The van der Waals surface area contributed by atoms with Crippen molar-refractivity contribution in [1.29, 1.82) is 0 Å². The Hall–Kier alpha value is -1.29. The number of hydrogen-bond acceptors (Lipinski definition) is 2. The molecule has 14 heavy (non-hydrogen) atoms. The molecule has 1 amide bonds. The second-order valence-electron chi connectivity index (χ2n) is 2.96. The topological polar surface area (TPSA) is 38.3 Å². The van der Waals surface area contributed by atoms with Gasteiger partial charge in [-0.2, -0.15) is 0 Å². The fourth-order valence-electron chi connectivity index (χ4n) is 1.33. The lowest BCUT2D eigenvalue weighted by molar-refractivity contribution is 0.177. The number of amides is 1. The molecule has 1 aliphatic heterocycles. The van der Waals surface area contributed by atoms with Gasteiger partial charge in [-0.25, -0.2) is 9.18 Å². The molecule has 0 saturated carbocycles. The van der Waals surface area contributed by atoms with Crippen LogP contribution in [0.5, 0.6) is 0 Å². The van der Waals surface area contributed by atoms with Crippen LogP contribution in [0, 0.1) is 5.82 Å². The summed E-state index contributed by atoms with van der Waals surface area (Å²) < 4.78 is 17.6. The third-order valence-corrected chi connectivity index (χ3v) is 2.35. The van der Waals surface area contributed by atoms with Crippen LogP contribution in [0.3, 0.4) is 0 Å². The van der Waals surface area contributed by atoms with Crippen LogP contribution in [-0.4, -0.2) is 12.7 Å². The highest BCUT2D eigenvalue weighted by Gasteiger charge is 2.25. The molecular formula is C9H7ClFNO2. The number of alkyl carbamates (subject to hydrolysis) is 1. The van der Waals surface area contributed by atoms with E-state index in [1.165, 1.54) is 18.2 Å². The molecule has 1 saturated heterocycles. The maximum atomic E-state index is 12.9. The van der Waals surface area contributed by atoms with E-state index in [-0.39, 0.29) is 18.5 Å². The number of hydrogen-bond donors (Lipinski definition) is 1. The summed E-state index contributed by atoms with van der Waals surface area (Å²) in [6.07, 6.45) is -0.504. The summed E-state index contributed by atoms with van der Waals surface area (Å²) in [6, 6.07) is 3.66. The Morgan fingerprint density at radius 1 is 1.57 bits per heavy atom. The summed E-state index contributed by atoms with van der Waals surface area (Å²) in [6.45, 7) is 0.183. The van der Waals surface area contributed by atoms with Crippen molar-refractivity contribution >= 4 is 17.7 Å². The molecular weight excluding hydrogens is 209 g/mol. The van der Waals surface area contributed by atoms with Gasteiger partial charge in [0.05, 0.1) is 6.04 Å². The minimum atomic E-state index is -0.504. The highest BCUT2D eigenvalue weighted by Crippen LogP contribution is 2.26. The molecule has 0 bridgehead atoms. The van der Waals surface area contributed by atoms with E-state index < -0.39 is 6.09 Å². The number of carbonyl (C=O) groups is 1. The molecule has 5 heteroatoms. The number of cyclic esters (lactones) is 1. The fourth-order valence-corrected chi connectivity index (χ4v) is 1.58. The zero-order valence-electron chi connectivity index (χ0n) is 7.09. The number of nitrogens with one attached hydrogen (secondary N) is 1. The van der Waals surface area contributed by atoms with Gasteiger partial charge in [-0.1, -0.05) is 11.6 Å². The Morgan fingerprint density at radius 2 is 2.36 bits per heavy atom. The van der Waals surface area contributed by atoms with Crippen molar-refractivity contribution in [2.24, 2.45) is 0 Å². The molecule has 0 radical (unpaired) electrons. The van der Waals surface area contributed by atoms with Gasteiger partial charge in [-0.15, -0.1) is 0 Å². The number of benzene rings is 1. The number of rotatable bonds is 1. The Labute approximate surface area is 84.8 Å². The Morgan fingerprint density at radius 3 is 3.00 bits per heavy atom. The molecule has 1 aromatic rings. The Kier molecular flexibility index (Phi) is 2.29. The van der Waals surface area contributed by atoms with E-state index in [1.807, 2.05) is 0 Å². The molecule has 0 aliphatic carbocycles. The van der Waals surface area contributed by atoms with Crippen molar-refractivity contribution in [3.05, 3.63) is 34.6 Å². The smallest absolute Gasteiger partial charge is 0.407 e. The molecule has 1 aliphatic rings. The van der Waals surface area contributed by atoms with Crippen LogP contribution in [0.1, 0.15) is 11.6 Å². The third-order valence-electron chi connectivity index (χ3n) is 2.01. The minimum Gasteiger partial charge on any atom is -0.447 e. The summed E-state index contributed by atoms with van der Waals surface area (Å²) in [7, 11) is 0. The Balaban J connectivity index is 2.31. The average Bonchev–Trinajstić information content (AvgIpc) is 2.56. The van der Waals surface area contributed by atoms with E-state index in [0.29, 0.717) is 10.6 Å². The van der Waals surface area contributed by atoms with E-state index in [9.17, 15) is 9.18 Å². The van der Waals surface area contributed by atoms with Crippen molar-refractivity contribution < 1.29 is 13.9 Å². The van der Waals surface area contributed by atoms with Gasteiger partial charge < -0.3 is 10.1 Å². The predicted molar refractivity (Wildman–Crippen MR) is 48.6 cm³/mol. The van der Waals surface area contributed by atoms with Gasteiger partial charge in [0, 0.05) is 5.02 Å². The van der Waals surface area contributed by atoms with Gasteiger partial charge >= 0.3 is 6.09 Å². The maximum Gasteiger partial charge on any atom is 0.407 e. The number of halogens is 2. The van der Waals surface area contributed by atoms with E-state index >= 15 is 0 Å². The van der Waals surface area contributed by atoms with Crippen molar-refractivity contribution in [3.63, 3.8) is 0 Å². The maximum absolute atomic E-state index is 12.9. The molecule has 3 nitrogen and oxygen atoms in total. The first kappa shape index (κ1) is 9.27.